The van der Waals surface area contributed by atoms with Gasteiger partial charge in [-0.15, -0.1) is 0 Å². The number of rotatable bonds is 12. The van der Waals surface area contributed by atoms with E-state index in [-0.39, 0.29) is 0 Å². The van der Waals surface area contributed by atoms with Gasteiger partial charge in [-0.1, -0.05) is 81.3 Å². The minimum atomic E-state index is -0.396. The second-order valence-corrected chi connectivity index (χ2v) is 7.25. The van der Waals surface area contributed by atoms with Gasteiger partial charge in [0, 0.05) is 6.54 Å². The number of nitrogens with zero attached hydrogens (tertiary/aromatic N) is 1. The molecule has 0 aliphatic heterocycles. The lowest BCUT2D eigenvalue weighted by molar-refractivity contribution is 0.111. The van der Waals surface area contributed by atoms with Crippen LogP contribution in [0.15, 0.2) is 54.6 Å². The Morgan fingerprint density at radius 2 is 1.31 bits per heavy atom. The van der Waals surface area contributed by atoms with E-state index in [2.05, 4.69) is 73.3 Å². The van der Waals surface area contributed by atoms with Crippen molar-refractivity contribution in [1.82, 2.24) is 4.90 Å². The van der Waals surface area contributed by atoms with E-state index in [1.54, 1.807) is 0 Å². The van der Waals surface area contributed by atoms with Crippen molar-refractivity contribution in [2.45, 2.75) is 58.5 Å². The standard InChI is InChI=1S/C24H35NO/c1-3-5-18-25(19-6-4-2)20-24(26)23-16-14-22(15-17-23)13-12-21-10-8-7-9-11-21/h7-11,14-17,24,26H,3-6,12-13,18-20H2,1-2H3. The highest BCUT2D eigenvalue weighted by Gasteiger charge is 2.13. The smallest absolute Gasteiger partial charge is 0.0916 e. The van der Waals surface area contributed by atoms with Gasteiger partial charge in [-0.25, -0.2) is 0 Å². The maximum absolute atomic E-state index is 10.6. The molecule has 2 aromatic carbocycles. The first-order valence-corrected chi connectivity index (χ1v) is 10.3. The van der Waals surface area contributed by atoms with E-state index in [4.69, 9.17) is 0 Å². The summed E-state index contributed by atoms with van der Waals surface area (Å²) >= 11 is 0. The average molecular weight is 354 g/mol. The minimum absolute atomic E-state index is 0.396. The van der Waals surface area contributed by atoms with Gasteiger partial charge >= 0.3 is 0 Å². The van der Waals surface area contributed by atoms with Crippen LogP contribution in [-0.2, 0) is 12.8 Å². The molecular formula is C24H35NO. The maximum atomic E-state index is 10.6. The molecular weight excluding hydrogens is 318 g/mol. The lowest BCUT2D eigenvalue weighted by Crippen LogP contribution is -2.30. The van der Waals surface area contributed by atoms with Crippen molar-refractivity contribution in [2.24, 2.45) is 0 Å². The lowest BCUT2D eigenvalue weighted by Gasteiger charge is -2.25. The van der Waals surface area contributed by atoms with Crippen molar-refractivity contribution < 1.29 is 5.11 Å². The van der Waals surface area contributed by atoms with Crippen molar-refractivity contribution in [2.75, 3.05) is 19.6 Å². The zero-order valence-electron chi connectivity index (χ0n) is 16.5. The molecule has 1 N–H and O–H groups in total. The van der Waals surface area contributed by atoms with Crippen LogP contribution in [0.2, 0.25) is 0 Å². The molecule has 0 fully saturated rings. The minimum Gasteiger partial charge on any atom is -0.387 e. The number of benzene rings is 2. The molecule has 0 aliphatic carbocycles. The summed E-state index contributed by atoms with van der Waals surface area (Å²) in [5.41, 5.74) is 3.74. The molecule has 2 rings (SSSR count). The number of aryl methyl sites for hydroxylation is 2. The molecule has 0 aromatic heterocycles. The van der Waals surface area contributed by atoms with Crippen LogP contribution in [0, 0.1) is 0 Å². The highest BCUT2D eigenvalue weighted by atomic mass is 16.3. The first-order valence-electron chi connectivity index (χ1n) is 10.3. The van der Waals surface area contributed by atoms with Gasteiger partial charge in [0.25, 0.3) is 0 Å². The third-order valence-corrected chi connectivity index (χ3v) is 5.00. The molecule has 0 amide bonds. The maximum Gasteiger partial charge on any atom is 0.0916 e. The van der Waals surface area contributed by atoms with Gasteiger partial charge < -0.3 is 10.0 Å². The fourth-order valence-electron chi connectivity index (χ4n) is 3.25. The number of aliphatic hydroxyl groups excluding tert-OH is 1. The summed E-state index contributed by atoms with van der Waals surface area (Å²) in [6.45, 7) is 7.36. The Bertz CT molecular complexity index is 585. The molecule has 0 spiro atoms. The van der Waals surface area contributed by atoms with Gasteiger partial charge in [-0.05, 0) is 55.5 Å². The largest absolute Gasteiger partial charge is 0.387 e. The summed E-state index contributed by atoms with van der Waals surface area (Å²) in [7, 11) is 0. The number of aliphatic hydroxyl groups is 1. The Balaban J connectivity index is 1.86. The van der Waals surface area contributed by atoms with Crippen molar-refractivity contribution >= 4 is 0 Å². The predicted octanol–water partition coefficient (Wildman–Crippen LogP) is 5.41. The molecule has 2 nitrogen and oxygen atoms in total. The first-order chi connectivity index (χ1) is 12.7. The normalized spacial score (nSPS) is 12.5. The van der Waals surface area contributed by atoms with E-state index < -0.39 is 6.10 Å². The molecule has 0 saturated heterocycles. The summed E-state index contributed by atoms with van der Waals surface area (Å²) < 4.78 is 0. The van der Waals surface area contributed by atoms with Crippen LogP contribution in [0.5, 0.6) is 0 Å². The second kappa shape index (κ2) is 11.9. The SMILES string of the molecule is CCCCN(CCCC)CC(O)c1ccc(CCc2ccccc2)cc1. The highest BCUT2D eigenvalue weighted by molar-refractivity contribution is 5.26. The van der Waals surface area contributed by atoms with Gasteiger partial charge in [-0.3, -0.25) is 0 Å². The van der Waals surface area contributed by atoms with Crippen molar-refractivity contribution in [3.63, 3.8) is 0 Å². The molecule has 2 aromatic rings. The predicted molar refractivity (Wildman–Crippen MR) is 112 cm³/mol. The summed E-state index contributed by atoms with van der Waals surface area (Å²) in [5.74, 6) is 0. The topological polar surface area (TPSA) is 23.5 Å². The molecule has 0 heterocycles. The second-order valence-electron chi connectivity index (χ2n) is 7.25. The number of unbranched alkanes of at least 4 members (excludes halogenated alkanes) is 2. The molecule has 0 radical (unpaired) electrons. The molecule has 1 unspecified atom stereocenters. The van der Waals surface area contributed by atoms with E-state index >= 15 is 0 Å². The summed E-state index contributed by atoms with van der Waals surface area (Å²) in [6.07, 6.45) is 6.52. The molecule has 1 atom stereocenters. The van der Waals surface area contributed by atoms with Gasteiger partial charge in [0.05, 0.1) is 6.10 Å². The summed E-state index contributed by atoms with van der Waals surface area (Å²) in [5, 5.41) is 10.6. The zero-order chi connectivity index (χ0) is 18.6. The Hall–Kier alpha value is -1.64. The van der Waals surface area contributed by atoms with Crippen LogP contribution < -0.4 is 0 Å². The van der Waals surface area contributed by atoms with E-state index in [9.17, 15) is 5.11 Å². The molecule has 0 saturated carbocycles. The number of hydrogen-bond acceptors (Lipinski definition) is 2. The van der Waals surface area contributed by atoms with E-state index in [0.717, 1.165) is 38.0 Å². The third kappa shape index (κ3) is 7.31. The van der Waals surface area contributed by atoms with Crippen molar-refractivity contribution in [3.05, 3.63) is 71.3 Å². The van der Waals surface area contributed by atoms with Gasteiger partial charge in [-0.2, -0.15) is 0 Å². The van der Waals surface area contributed by atoms with E-state index in [1.165, 1.54) is 36.8 Å². The molecule has 0 aliphatic rings. The summed E-state index contributed by atoms with van der Waals surface area (Å²) in [6, 6.07) is 19.2. The van der Waals surface area contributed by atoms with Gasteiger partial charge in [0.15, 0.2) is 0 Å². The molecule has 142 valence electrons. The molecule has 0 bridgehead atoms. The Labute approximate surface area is 159 Å². The number of hydrogen-bond donors (Lipinski definition) is 1. The fraction of sp³-hybridized carbons (Fsp3) is 0.500. The van der Waals surface area contributed by atoms with E-state index in [1.807, 2.05) is 0 Å². The summed E-state index contributed by atoms with van der Waals surface area (Å²) in [4.78, 5) is 2.42. The van der Waals surface area contributed by atoms with E-state index in [0.29, 0.717) is 0 Å². The lowest BCUT2D eigenvalue weighted by atomic mass is 10.0. The third-order valence-electron chi connectivity index (χ3n) is 5.00. The average Bonchev–Trinajstić information content (AvgIpc) is 2.69. The Morgan fingerprint density at radius 3 is 1.85 bits per heavy atom. The highest BCUT2D eigenvalue weighted by Crippen LogP contribution is 2.17. The van der Waals surface area contributed by atoms with Crippen LogP contribution in [-0.4, -0.2) is 29.6 Å². The van der Waals surface area contributed by atoms with Crippen LogP contribution in [0.4, 0.5) is 0 Å². The Morgan fingerprint density at radius 1 is 0.769 bits per heavy atom. The van der Waals surface area contributed by atoms with Crippen molar-refractivity contribution in [1.29, 1.82) is 0 Å². The Kier molecular flexibility index (Phi) is 9.44. The fourth-order valence-corrected chi connectivity index (χ4v) is 3.25. The zero-order valence-corrected chi connectivity index (χ0v) is 16.5. The first kappa shape index (κ1) is 20.7. The van der Waals surface area contributed by atoms with Gasteiger partial charge in [0.1, 0.15) is 0 Å². The molecule has 2 heteroatoms. The molecule has 26 heavy (non-hydrogen) atoms. The monoisotopic (exact) mass is 353 g/mol. The van der Waals surface area contributed by atoms with Crippen LogP contribution in [0.25, 0.3) is 0 Å². The van der Waals surface area contributed by atoms with Gasteiger partial charge in [0.2, 0.25) is 0 Å². The van der Waals surface area contributed by atoms with Crippen molar-refractivity contribution in [3.8, 4) is 0 Å². The van der Waals surface area contributed by atoms with Crippen LogP contribution >= 0.6 is 0 Å². The van der Waals surface area contributed by atoms with Crippen LogP contribution in [0.3, 0.4) is 0 Å². The quantitative estimate of drug-likeness (QED) is 0.552. The van der Waals surface area contributed by atoms with Crippen LogP contribution in [0.1, 0.15) is 62.3 Å².